The van der Waals surface area contributed by atoms with Crippen LogP contribution in [-0.2, 0) is 15.0 Å². The van der Waals surface area contributed by atoms with E-state index in [0.29, 0.717) is 5.56 Å². The van der Waals surface area contributed by atoms with Crippen molar-refractivity contribution in [2.24, 2.45) is 0 Å². The third-order valence-electron chi connectivity index (χ3n) is 2.98. The maximum Gasteiger partial charge on any atom is 0.336 e. The predicted molar refractivity (Wildman–Crippen MR) is 64.6 cm³/mol. The molecule has 3 nitrogen and oxygen atoms in total. The maximum atomic E-state index is 11.3. The zero-order valence-electron chi connectivity index (χ0n) is 9.38. The van der Waals surface area contributed by atoms with Gasteiger partial charge in [0.25, 0.3) is 0 Å². The lowest BCUT2D eigenvalue weighted by molar-refractivity contribution is -0.130. The van der Waals surface area contributed by atoms with Crippen molar-refractivity contribution in [1.29, 1.82) is 0 Å². The second-order valence-electron chi connectivity index (χ2n) is 4.19. The molecule has 0 amide bonds. The minimum atomic E-state index is -0.989. The molecule has 2 rings (SSSR count). The van der Waals surface area contributed by atoms with Gasteiger partial charge in [0.15, 0.2) is 0 Å². The average Bonchev–Trinajstić information content (AvgIpc) is 2.48. The lowest BCUT2D eigenvalue weighted by Crippen LogP contribution is -2.22. The molecule has 86 valence electrons. The van der Waals surface area contributed by atoms with Gasteiger partial charge in [0.05, 0.1) is 11.0 Å². The van der Waals surface area contributed by atoms with E-state index in [-0.39, 0.29) is 5.57 Å². The first-order valence-electron chi connectivity index (χ1n) is 5.27. The number of hydrogen-bond acceptors (Lipinski definition) is 2. The fourth-order valence-electron chi connectivity index (χ4n) is 2.00. The summed E-state index contributed by atoms with van der Waals surface area (Å²) in [5.41, 5.74) is 0.754. The summed E-state index contributed by atoms with van der Waals surface area (Å²) in [5, 5.41) is 9.16. The second kappa shape index (κ2) is 4.01. The van der Waals surface area contributed by atoms with Gasteiger partial charge < -0.3 is 9.90 Å². The van der Waals surface area contributed by atoms with Crippen molar-refractivity contribution in [3.05, 3.63) is 53.6 Å². The Hall–Kier alpha value is -2.16. The Morgan fingerprint density at radius 1 is 1.35 bits per heavy atom. The van der Waals surface area contributed by atoms with Crippen LogP contribution in [0.4, 0.5) is 0 Å². The molecule has 1 aliphatic rings. The molecular formula is C14H12O3. The van der Waals surface area contributed by atoms with Crippen molar-refractivity contribution in [3.63, 3.8) is 0 Å². The Balaban J connectivity index is 2.73. The van der Waals surface area contributed by atoms with Gasteiger partial charge >= 0.3 is 5.97 Å². The Morgan fingerprint density at radius 2 is 2.06 bits per heavy atom. The fourth-order valence-corrected chi connectivity index (χ4v) is 2.00. The van der Waals surface area contributed by atoms with E-state index in [1.54, 1.807) is 43.3 Å². The van der Waals surface area contributed by atoms with Crippen LogP contribution in [0.25, 0.3) is 5.57 Å². The molecule has 0 fully saturated rings. The fraction of sp³-hybridized carbons (Fsp3) is 0.143. The normalized spacial score (nSPS) is 22.3. The summed E-state index contributed by atoms with van der Waals surface area (Å²) in [6.07, 6.45) is 5.70. The zero-order valence-corrected chi connectivity index (χ0v) is 9.38. The van der Waals surface area contributed by atoms with Gasteiger partial charge in [-0.15, -0.1) is 0 Å². The Bertz CT molecular complexity index is 540. The number of carbonyl (C=O) groups is 2. The van der Waals surface area contributed by atoms with E-state index in [0.717, 1.165) is 11.8 Å². The average molecular weight is 228 g/mol. The first kappa shape index (κ1) is 11.3. The lowest BCUT2D eigenvalue weighted by Gasteiger charge is -2.21. The largest absolute Gasteiger partial charge is 0.478 e. The van der Waals surface area contributed by atoms with Crippen molar-refractivity contribution in [2.75, 3.05) is 0 Å². The Morgan fingerprint density at radius 3 is 2.71 bits per heavy atom. The minimum absolute atomic E-state index is 0.211. The summed E-state index contributed by atoms with van der Waals surface area (Å²) in [4.78, 5) is 22.4. The number of hydrogen-bond donors (Lipinski definition) is 1. The maximum absolute atomic E-state index is 11.3. The molecule has 0 heterocycles. The molecule has 17 heavy (non-hydrogen) atoms. The summed E-state index contributed by atoms with van der Waals surface area (Å²) in [7, 11) is 0. The lowest BCUT2D eigenvalue weighted by atomic mass is 9.80. The van der Waals surface area contributed by atoms with Crippen LogP contribution < -0.4 is 0 Å². The summed E-state index contributed by atoms with van der Waals surface area (Å²) < 4.78 is 0. The monoisotopic (exact) mass is 228 g/mol. The van der Waals surface area contributed by atoms with Gasteiger partial charge in [-0.25, -0.2) is 4.79 Å². The van der Waals surface area contributed by atoms with Gasteiger partial charge in [0.2, 0.25) is 0 Å². The summed E-state index contributed by atoms with van der Waals surface area (Å²) in [6.45, 7) is 1.77. The molecule has 0 radical (unpaired) electrons. The van der Waals surface area contributed by atoms with Crippen LogP contribution in [0.3, 0.4) is 0 Å². The van der Waals surface area contributed by atoms with Crippen molar-refractivity contribution in [2.45, 2.75) is 12.3 Å². The van der Waals surface area contributed by atoms with E-state index in [2.05, 4.69) is 0 Å². The van der Waals surface area contributed by atoms with E-state index in [1.165, 1.54) is 6.08 Å². The number of carboxylic acid groups (broad SMARTS) is 1. The van der Waals surface area contributed by atoms with Crippen molar-refractivity contribution >= 4 is 17.8 Å². The van der Waals surface area contributed by atoms with E-state index < -0.39 is 11.4 Å². The molecule has 0 aromatic heterocycles. The molecule has 1 atom stereocenters. The molecule has 0 aliphatic heterocycles. The van der Waals surface area contributed by atoms with Crippen LogP contribution in [-0.4, -0.2) is 17.4 Å². The van der Waals surface area contributed by atoms with Crippen molar-refractivity contribution < 1.29 is 14.7 Å². The van der Waals surface area contributed by atoms with Gasteiger partial charge in [-0.05, 0) is 24.1 Å². The third-order valence-corrected chi connectivity index (χ3v) is 2.98. The number of fused-ring (bicyclic) bond motifs is 1. The highest BCUT2D eigenvalue weighted by atomic mass is 16.4. The first-order chi connectivity index (χ1) is 8.08. The van der Waals surface area contributed by atoms with Crippen molar-refractivity contribution in [3.8, 4) is 0 Å². The number of aliphatic carboxylic acids is 1. The van der Waals surface area contributed by atoms with Crippen LogP contribution >= 0.6 is 0 Å². The number of aldehydes is 1. The van der Waals surface area contributed by atoms with Crippen LogP contribution in [0.2, 0.25) is 0 Å². The van der Waals surface area contributed by atoms with Crippen LogP contribution in [0.15, 0.2) is 42.5 Å². The van der Waals surface area contributed by atoms with Gasteiger partial charge in [0.1, 0.15) is 6.29 Å². The topological polar surface area (TPSA) is 54.4 Å². The molecule has 0 saturated heterocycles. The molecule has 1 aliphatic carbocycles. The predicted octanol–water partition coefficient (Wildman–Crippen LogP) is 2.18. The summed E-state index contributed by atoms with van der Waals surface area (Å²) in [5.74, 6) is -0.989. The van der Waals surface area contributed by atoms with E-state index >= 15 is 0 Å². The highest BCUT2D eigenvalue weighted by Gasteiger charge is 2.29. The number of allylic oxidation sites excluding steroid dienone is 3. The second-order valence-corrected chi connectivity index (χ2v) is 4.19. The third kappa shape index (κ3) is 1.80. The van der Waals surface area contributed by atoms with E-state index in [4.69, 9.17) is 5.11 Å². The molecule has 1 N–H and O–H groups in total. The number of carbonyl (C=O) groups excluding carboxylic acids is 1. The standard InChI is InChI=1S/C14H12O3/c1-14(9-15)8-4-6-11(13(16)17)10-5-2-3-7-12(10)14/h2-9H,1H3,(H,16,17)/t14-/m1/s1. The zero-order chi connectivity index (χ0) is 12.5. The number of benzene rings is 1. The van der Waals surface area contributed by atoms with Crippen LogP contribution in [0, 0.1) is 0 Å². The van der Waals surface area contributed by atoms with E-state index in [9.17, 15) is 9.59 Å². The first-order valence-corrected chi connectivity index (χ1v) is 5.27. The molecule has 1 aromatic rings. The molecule has 0 saturated carbocycles. The van der Waals surface area contributed by atoms with Crippen molar-refractivity contribution in [1.82, 2.24) is 0 Å². The molecule has 3 heteroatoms. The highest BCUT2D eigenvalue weighted by Crippen LogP contribution is 2.33. The summed E-state index contributed by atoms with van der Waals surface area (Å²) in [6, 6.07) is 7.09. The van der Waals surface area contributed by atoms with Gasteiger partial charge in [-0.1, -0.05) is 36.4 Å². The molecule has 0 spiro atoms. The van der Waals surface area contributed by atoms with E-state index in [1.807, 2.05) is 0 Å². The van der Waals surface area contributed by atoms with Gasteiger partial charge in [0, 0.05) is 0 Å². The SMILES string of the molecule is C[C@]1(C=O)C=CC=C(C(=O)O)c2ccccc21. The molecule has 0 unspecified atom stereocenters. The highest BCUT2D eigenvalue weighted by molar-refractivity contribution is 6.16. The van der Waals surface area contributed by atoms with Crippen LogP contribution in [0.5, 0.6) is 0 Å². The number of rotatable bonds is 2. The number of carboxylic acids is 1. The Kier molecular flexibility index (Phi) is 2.68. The summed E-state index contributed by atoms with van der Waals surface area (Å²) >= 11 is 0. The Labute approximate surface area is 99.1 Å². The smallest absolute Gasteiger partial charge is 0.336 e. The molecular weight excluding hydrogens is 216 g/mol. The minimum Gasteiger partial charge on any atom is -0.478 e. The van der Waals surface area contributed by atoms with Crippen LogP contribution in [0.1, 0.15) is 18.1 Å². The molecule has 1 aromatic carbocycles. The quantitative estimate of drug-likeness (QED) is 0.789. The molecule has 0 bridgehead atoms. The van der Waals surface area contributed by atoms with Gasteiger partial charge in [-0.3, -0.25) is 0 Å². The van der Waals surface area contributed by atoms with Gasteiger partial charge in [-0.2, -0.15) is 0 Å².